The van der Waals surface area contributed by atoms with E-state index in [0.29, 0.717) is 5.56 Å². The summed E-state index contributed by atoms with van der Waals surface area (Å²) < 4.78 is 9.73. The van der Waals surface area contributed by atoms with Crippen LogP contribution in [0.15, 0.2) is 60.7 Å². The maximum atomic E-state index is 12.2. The van der Waals surface area contributed by atoms with Gasteiger partial charge in [-0.1, -0.05) is 48.5 Å². The zero-order chi connectivity index (χ0) is 18.8. The van der Waals surface area contributed by atoms with Crippen molar-refractivity contribution in [2.75, 3.05) is 13.7 Å². The fourth-order valence-corrected chi connectivity index (χ4v) is 2.13. The van der Waals surface area contributed by atoms with Gasteiger partial charge in [-0.2, -0.15) is 0 Å². The van der Waals surface area contributed by atoms with Gasteiger partial charge in [0.15, 0.2) is 0 Å². The van der Waals surface area contributed by atoms with Crippen LogP contribution in [0, 0.1) is 0 Å². The molecule has 26 heavy (non-hydrogen) atoms. The molecule has 2 amide bonds. The van der Waals surface area contributed by atoms with E-state index in [0.717, 1.165) is 5.56 Å². The molecule has 2 aromatic carbocycles. The first-order chi connectivity index (χ1) is 12.6. The van der Waals surface area contributed by atoms with E-state index in [9.17, 15) is 14.4 Å². The van der Waals surface area contributed by atoms with E-state index in [-0.39, 0.29) is 13.2 Å². The summed E-state index contributed by atoms with van der Waals surface area (Å²) in [6.45, 7) is -0.0508. The molecular weight excluding hydrogens is 336 g/mol. The van der Waals surface area contributed by atoms with Crippen LogP contribution in [0.2, 0.25) is 0 Å². The number of benzene rings is 2. The number of amides is 2. The lowest BCUT2D eigenvalue weighted by Gasteiger charge is -2.17. The molecule has 0 spiro atoms. The lowest BCUT2D eigenvalue weighted by atomic mass is 10.2. The Hall–Kier alpha value is -3.35. The van der Waals surface area contributed by atoms with Crippen molar-refractivity contribution < 1.29 is 23.9 Å². The van der Waals surface area contributed by atoms with E-state index in [1.54, 1.807) is 30.3 Å². The average Bonchev–Trinajstić information content (AvgIpc) is 2.70. The largest absolute Gasteiger partial charge is 0.467 e. The van der Waals surface area contributed by atoms with Crippen molar-refractivity contribution in [1.82, 2.24) is 10.6 Å². The number of nitrogens with one attached hydrogen (secondary N) is 2. The number of rotatable bonds is 7. The van der Waals surface area contributed by atoms with Crippen molar-refractivity contribution in [3.05, 3.63) is 71.8 Å². The van der Waals surface area contributed by atoms with Gasteiger partial charge in [0.1, 0.15) is 12.6 Å². The maximum absolute atomic E-state index is 12.2. The zero-order valence-corrected chi connectivity index (χ0v) is 14.3. The van der Waals surface area contributed by atoms with Crippen LogP contribution in [0.1, 0.15) is 15.9 Å². The summed E-state index contributed by atoms with van der Waals surface area (Å²) in [5.74, 6) is -1.11. The highest BCUT2D eigenvalue weighted by atomic mass is 16.5. The molecule has 0 fully saturated rings. The first-order valence-electron chi connectivity index (χ1n) is 7.98. The molecule has 0 saturated carbocycles. The van der Waals surface area contributed by atoms with Crippen LogP contribution >= 0.6 is 0 Å². The lowest BCUT2D eigenvalue weighted by Crippen LogP contribution is -2.49. The normalized spacial score (nSPS) is 11.1. The Morgan fingerprint density at radius 1 is 0.962 bits per heavy atom. The molecule has 0 aliphatic carbocycles. The number of carbonyl (C=O) groups is 3. The molecule has 2 N–H and O–H groups in total. The first kappa shape index (κ1) is 19.0. The van der Waals surface area contributed by atoms with Crippen LogP contribution in [-0.2, 0) is 20.9 Å². The van der Waals surface area contributed by atoms with E-state index in [4.69, 9.17) is 4.74 Å². The molecule has 7 nitrogen and oxygen atoms in total. The first-order valence-corrected chi connectivity index (χ1v) is 7.98. The zero-order valence-electron chi connectivity index (χ0n) is 14.3. The maximum Gasteiger partial charge on any atom is 0.407 e. The Kier molecular flexibility index (Phi) is 7.17. The minimum atomic E-state index is -1.03. The minimum Gasteiger partial charge on any atom is -0.467 e. The number of ether oxygens (including phenoxy) is 2. The minimum absolute atomic E-state index is 0.103. The molecule has 1 atom stereocenters. The molecule has 0 aliphatic rings. The summed E-state index contributed by atoms with van der Waals surface area (Å²) in [5.41, 5.74) is 1.23. The van der Waals surface area contributed by atoms with Crippen molar-refractivity contribution in [1.29, 1.82) is 0 Å². The van der Waals surface area contributed by atoms with E-state index in [2.05, 4.69) is 15.4 Å². The van der Waals surface area contributed by atoms with Crippen molar-refractivity contribution in [3.8, 4) is 0 Å². The van der Waals surface area contributed by atoms with Crippen LogP contribution < -0.4 is 10.6 Å². The Morgan fingerprint density at radius 3 is 2.19 bits per heavy atom. The summed E-state index contributed by atoms with van der Waals surface area (Å²) in [7, 11) is 1.21. The molecule has 0 bridgehead atoms. The molecule has 0 radical (unpaired) electrons. The topological polar surface area (TPSA) is 93.7 Å². The Balaban J connectivity index is 1.86. The van der Waals surface area contributed by atoms with Crippen LogP contribution in [0.5, 0.6) is 0 Å². The predicted octanol–water partition coefficient (Wildman–Crippen LogP) is 1.88. The lowest BCUT2D eigenvalue weighted by molar-refractivity contribution is -0.142. The van der Waals surface area contributed by atoms with Gasteiger partial charge in [0, 0.05) is 5.56 Å². The summed E-state index contributed by atoms with van der Waals surface area (Å²) in [6, 6.07) is 16.6. The second-order valence-corrected chi connectivity index (χ2v) is 5.36. The van der Waals surface area contributed by atoms with Crippen LogP contribution in [0.25, 0.3) is 0 Å². The van der Waals surface area contributed by atoms with Gasteiger partial charge in [0.2, 0.25) is 0 Å². The van der Waals surface area contributed by atoms with Gasteiger partial charge in [-0.25, -0.2) is 9.59 Å². The Morgan fingerprint density at radius 2 is 1.58 bits per heavy atom. The van der Waals surface area contributed by atoms with E-state index < -0.39 is 24.0 Å². The number of methoxy groups -OCH3 is 1. The molecule has 2 aromatic rings. The summed E-state index contributed by atoms with van der Waals surface area (Å²) in [6.07, 6.45) is -0.697. The Labute approximate surface area is 151 Å². The van der Waals surface area contributed by atoms with Gasteiger partial charge in [0.05, 0.1) is 13.7 Å². The van der Waals surface area contributed by atoms with Crippen molar-refractivity contribution in [3.63, 3.8) is 0 Å². The number of carbonyl (C=O) groups excluding carboxylic acids is 3. The van der Waals surface area contributed by atoms with Gasteiger partial charge in [-0.05, 0) is 17.7 Å². The van der Waals surface area contributed by atoms with Crippen molar-refractivity contribution in [2.45, 2.75) is 12.6 Å². The van der Waals surface area contributed by atoms with E-state index in [1.165, 1.54) is 7.11 Å². The van der Waals surface area contributed by atoms with Crippen molar-refractivity contribution >= 4 is 18.0 Å². The molecule has 0 heterocycles. The highest BCUT2D eigenvalue weighted by molar-refractivity contribution is 5.96. The number of esters is 1. The van der Waals surface area contributed by atoms with Crippen molar-refractivity contribution in [2.24, 2.45) is 0 Å². The fraction of sp³-hybridized carbons (Fsp3) is 0.211. The van der Waals surface area contributed by atoms with Gasteiger partial charge in [-0.3, -0.25) is 4.79 Å². The van der Waals surface area contributed by atoms with Gasteiger partial charge in [-0.15, -0.1) is 0 Å². The number of hydrogen-bond donors (Lipinski definition) is 2. The summed E-state index contributed by atoms with van der Waals surface area (Å²) in [4.78, 5) is 35.8. The summed E-state index contributed by atoms with van der Waals surface area (Å²) in [5, 5.41) is 4.98. The Bertz CT molecular complexity index is 734. The summed E-state index contributed by atoms with van der Waals surface area (Å²) >= 11 is 0. The highest BCUT2D eigenvalue weighted by Gasteiger charge is 2.23. The van der Waals surface area contributed by atoms with Gasteiger partial charge < -0.3 is 20.1 Å². The van der Waals surface area contributed by atoms with Crippen LogP contribution in [-0.4, -0.2) is 37.7 Å². The second kappa shape index (κ2) is 9.83. The smallest absolute Gasteiger partial charge is 0.407 e. The number of hydrogen-bond acceptors (Lipinski definition) is 5. The van der Waals surface area contributed by atoms with Gasteiger partial charge in [0.25, 0.3) is 5.91 Å². The molecule has 136 valence electrons. The molecule has 2 rings (SSSR count). The van der Waals surface area contributed by atoms with E-state index >= 15 is 0 Å². The predicted molar refractivity (Wildman–Crippen MR) is 94.3 cm³/mol. The third-order valence-electron chi connectivity index (χ3n) is 3.49. The molecule has 0 aliphatic heterocycles. The van der Waals surface area contributed by atoms with Crippen LogP contribution in [0.3, 0.4) is 0 Å². The molecule has 7 heteroatoms. The second-order valence-electron chi connectivity index (χ2n) is 5.36. The molecule has 0 saturated heterocycles. The van der Waals surface area contributed by atoms with E-state index in [1.807, 2.05) is 30.3 Å². The SMILES string of the molecule is COC(=O)[C@@H](CNC(=O)OCc1ccccc1)NC(=O)c1ccccc1. The monoisotopic (exact) mass is 356 g/mol. The number of alkyl carbamates (subject to hydrolysis) is 1. The van der Waals surface area contributed by atoms with Crippen LogP contribution in [0.4, 0.5) is 4.79 Å². The fourth-order valence-electron chi connectivity index (χ4n) is 2.13. The molecule has 0 unspecified atom stereocenters. The third kappa shape index (κ3) is 5.94. The molecule has 0 aromatic heterocycles. The third-order valence-corrected chi connectivity index (χ3v) is 3.49. The standard InChI is InChI=1S/C19H20N2O5/c1-25-18(23)16(21-17(22)15-10-6-3-7-11-15)12-20-19(24)26-13-14-8-4-2-5-9-14/h2-11,16H,12-13H2,1H3,(H,20,24)(H,21,22)/t16-/m1/s1. The van der Waals surface area contributed by atoms with Gasteiger partial charge >= 0.3 is 12.1 Å². The average molecular weight is 356 g/mol. The highest BCUT2D eigenvalue weighted by Crippen LogP contribution is 2.01. The molecular formula is C19H20N2O5. The quantitative estimate of drug-likeness (QED) is 0.739.